The number of primary sulfonamides is 1. The van der Waals surface area contributed by atoms with Gasteiger partial charge in [-0.2, -0.15) is 8.78 Å². The van der Waals surface area contributed by atoms with Gasteiger partial charge in [-0.25, -0.2) is 13.6 Å². The maximum Gasteiger partial charge on any atom is 0.387 e. The van der Waals surface area contributed by atoms with E-state index in [-0.39, 0.29) is 47.7 Å². The van der Waals surface area contributed by atoms with Crippen LogP contribution in [-0.4, -0.2) is 28.0 Å². The van der Waals surface area contributed by atoms with Crippen LogP contribution in [0.4, 0.5) is 8.78 Å². The molecule has 0 bridgehead atoms. The van der Waals surface area contributed by atoms with Gasteiger partial charge in [-0.3, -0.25) is 4.99 Å². The second kappa shape index (κ2) is 11.3. The molecule has 0 heterocycles. The lowest BCUT2D eigenvalue weighted by atomic mass is 10.1. The van der Waals surface area contributed by atoms with Crippen LogP contribution in [0.1, 0.15) is 16.7 Å². The van der Waals surface area contributed by atoms with Crippen molar-refractivity contribution >= 4 is 40.0 Å². The topological polar surface area (TPSA) is 106 Å². The van der Waals surface area contributed by atoms with Gasteiger partial charge in [-0.05, 0) is 30.7 Å². The molecule has 2 rings (SSSR count). The van der Waals surface area contributed by atoms with Gasteiger partial charge < -0.3 is 15.4 Å². The first-order valence-corrected chi connectivity index (χ1v) is 9.84. The summed E-state index contributed by atoms with van der Waals surface area (Å²) in [5.74, 6) is 0.495. The molecule has 7 nitrogen and oxygen atoms in total. The number of rotatable bonds is 7. The average Bonchev–Trinajstić information content (AvgIpc) is 2.63. The Bertz CT molecular complexity index is 956. The standard InChI is InChI=1S/C18H22F2N4O3S.HI/c1-12-6-7-16(27-17(19)20)14(8-12)11-24-18(22-2)23-10-13-4-3-5-15(9-13)28(21,25)26;/h3-9,17H,10-11H2,1-2H3,(H2,21,25,26)(H2,22,23,24);1H. The first kappa shape index (κ1) is 25.0. The number of aliphatic imine (C=N–C) groups is 1. The van der Waals surface area contributed by atoms with Crippen molar-refractivity contribution in [3.8, 4) is 5.75 Å². The second-order valence-corrected chi connectivity index (χ2v) is 7.52. The van der Waals surface area contributed by atoms with Crippen molar-refractivity contribution in [2.45, 2.75) is 31.5 Å². The molecule has 0 unspecified atom stereocenters. The molecule has 0 amide bonds. The van der Waals surface area contributed by atoms with Crippen molar-refractivity contribution in [3.05, 3.63) is 59.2 Å². The number of ether oxygens (including phenoxy) is 1. The minimum atomic E-state index is -3.78. The molecule has 0 spiro atoms. The van der Waals surface area contributed by atoms with E-state index in [4.69, 9.17) is 5.14 Å². The molecule has 0 fully saturated rings. The lowest BCUT2D eigenvalue weighted by Gasteiger charge is -2.15. The number of hydrogen-bond donors (Lipinski definition) is 3. The molecule has 2 aromatic carbocycles. The van der Waals surface area contributed by atoms with E-state index in [1.807, 2.05) is 6.92 Å². The van der Waals surface area contributed by atoms with E-state index in [9.17, 15) is 17.2 Å². The molecule has 0 aliphatic rings. The molecule has 29 heavy (non-hydrogen) atoms. The predicted molar refractivity (Wildman–Crippen MR) is 118 cm³/mol. The number of nitrogens with two attached hydrogens (primary N) is 1. The van der Waals surface area contributed by atoms with E-state index >= 15 is 0 Å². The highest BCUT2D eigenvalue weighted by molar-refractivity contribution is 14.0. The van der Waals surface area contributed by atoms with Gasteiger partial charge in [0.05, 0.1) is 4.90 Å². The molecule has 160 valence electrons. The SMILES string of the molecule is CN=C(NCc1cccc(S(N)(=O)=O)c1)NCc1cc(C)ccc1OC(F)F.I. The third-order valence-corrected chi connectivity index (χ3v) is 4.70. The van der Waals surface area contributed by atoms with Crippen LogP contribution in [0, 0.1) is 6.92 Å². The Morgan fingerprint density at radius 3 is 2.48 bits per heavy atom. The van der Waals surface area contributed by atoms with Crippen molar-refractivity contribution in [2.75, 3.05) is 7.05 Å². The molecule has 0 saturated heterocycles. The summed E-state index contributed by atoms with van der Waals surface area (Å²) in [5.41, 5.74) is 2.15. The fraction of sp³-hybridized carbons (Fsp3) is 0.278. The van der Waals surface area contributed by atoms with Crippen molar-refractivity contribution in [3.63, 3.8) is 0 Å². The van der Waals surface area contributed by atoms with E-state index in [0.717, 1.165) is 5.56 Å². The third-order valence-electron chi connectivity index (χ3n) is 3.79. The van der Waals surface area contributed by atoms with E-state index in [2.05, 4.69) is 20.4 Å². The first-order valence-electron chi connectivity index (χ1n) is 8.29. The first-order chi connectivity index (χ1) is 13.2. The smallest absolute Gasteiger partial charge is 0.387 e. The highest BCUT2D eigenvalue weighted by atomic mass is 127. The molecule has 0 saturated carbocycles. The number of guanidine groups is 1. The molecule has 0 atom stereocenters. The Kier molecular flexibility index (Phi) is 9.73. The van der Waals surface area contributed by atoms with Crippen molar-refractivity contribution in [1.82, 2.24) is 10.6 Å². The third kappa shape index (κ3) is 8.11. The molecule has 2 aromatic rings. The average molecular weight is 540 g/mol. The quantitative estimate of drug-likeness (QED) is 0.285. The van der Waals surface area contributed by atoms with Gasteiger partial charge in [-0.1, -0.05) is 29.8 Å². The number of nitrogens with zero attached hydrogens (tertiary/aromatic N) is 1. The zero-order valence-corrected chi connectivity index (χ0v) is 19.0. The van der Waals surface area contributed by atoms with E-state index in [0.29, 0.717) is 17.1 Å². The number of halogens is 3. The van der Waals surface area contributed by atoms with Crippen LogP contribution >= 0.6 is 24.0 Å². The summed E-state index contributed by atoms with van der Waals surface area (Å²) in [7, 11) is -2.22. The Balaban J connectivity index is 0.00000420. The zero-order valence-electron chi connectivity index (χ0n) is 15.9. The Morgan fingerprint density at radius 2 is 1.86 bits per heavy atom. The van der Waals surface area contributed by atoms with Crippen LogP contribution in [-0.2, 0) is 23.1 Å². The molecule has 11 heteroatoms. The summed E-state index contributed by atoms with van der Waals surface area (Å²) in [4.78, 5) is 4.08. The minimum absolute atomic E-state index is 0. The van der Waals surface area contributed by atoms with Crippen LogP contribution in [0.25, 0.3) is 0 Å². The van der Waals surface area contributed by atoms with Gasteiger partial charge in [-0.15, -0.1) is 24.0 Å². The van der Waals surface area contributed by atoms with Crippen LogP contribution in [0.5, 0.6) is 5.75 Å². The van der Waals surface area contributed by atoms with Crippen molar-refractivity contribution in [1.29, 1.82) is 0 Å². The van der Waals surface area contributed by atoms with Crippen LogP contribution in [0.15, 0.2) is 52.4 Å². The summed E-state index contributed by atoms with van der Waals surface area (Å²) in [6.45, 7) is -0.566. The van der Waals surface area contributed by atoms with Gasteiger partial charge >= 0.3 is 6.61 Å². The Labute approximate surface area is 185 Å². The molecule has 0 aliphatic heterocycles. The number of sulfonamides is 1. The van der Waals surface area contributed by atoms with Crippen LogP contribution in [0.2, 0.25) is 0 Å². The molecule has 0 aliphatic carbocycles. The maximum absolute atomic E-state index is 12.6. The summed E-state index contributed by atoms with van der Waals surface area (Å²) in [6.07, 6.45) is 0. The monoisotopic (exact) mass is 540 g/mol. The van der Waals surface area contributed by atoms with Crippen molar-refractivity contribution < 1.29 is 21.9 Å². The summed E-state index contributed by atoms with van der Waals surface area (Å²) < 4.78 is 52.5. The Morgan fingerprint density at radius 1 is 1.17 bits per heavy atom. The highest BCUT2D eigenvalue weighted by Crippen LogP contribution is 2.22. The van der Waals surface area contributed by atoms with E-state index in [1.54, 1.807) is 31.3 Å². The van der Waals surface area contributed by atoms with Gasteiger partial charge in [0.25, 0.3) is 0 Å². The molecular weight excluding hydrogens is 517 g/mol. The van der Waals surface area contributed by atoms with Crippen LogP contribution < -0.4 is 20.5 Å². The molecular formula is C18H23F2IN4O3S. The van der Waals surface area contributed by atoms with Gasteiger partial charge in [0.15, 0.2) is 5.96 Å². The number of nitrogens with one attached hydrogen (secondary N) is 2. The van der Waals surface area contributed by atoms with Gasteiger partial charge in [0.1, 0.15) is 5.75 Å². The molecule has 0 radical (unpaired) electrons. The van der Waals surface area contributed by atoms with Gasteiger partial charge in [0, 0.05) is 25.7 Å². The Hall–Kier alpha value is -1.99. The minimum Gasteiger partial charge on any atom is -0.434 e. The normalized spacial score (nSPS) is 11.7. The predicted octanol–water partition coefficient (Wildman–Crippen LogP) is 2.73. The summed E-state index contributed by atoms with van der Waals surface area (Å²) >= 11 is 0. The van der Waals surface area contributed by atoms with Crippen molar-refractivity contribution in [2.24, 2.45) is 10.1 Å². The zero-order chi connectivity index (χ0) is 20.7. The van der Waals surface area contributed by atoms with E-state index in [1.165, 1.54) is 18.2 Å². The summed E-state index contributed by atoms with van der Waals surface area (Å²) in [5, 5.41) is 11.2. The number of aryl methyl sites for hydroxylation is 1. The largest absolute Gasteiger partial charge is 0.434 e. The number of alkyl halides is 2. The van der Waals surface area contributed by atoms with Crippen LogP contribution in [0.3, 0.4) is 0 Å². The highest BCUT2D eigenvalue weighted by Gasteiger charge is 2.11. The molecule has 4 N–H and O–H groups in total. The molecule has 0 aromatic heterocycles. The maximum atomic E-state index is 12.6. The number of hydrogen-bond acceptors (Lipinski definition) is 4. The van der Waals surface area contributed by atoms with Gasteiger partial charge in [0.2, 0.25) is 10.0 Å². The number of benzene rings is 2. The second-order valence-electron chi connectivity index (χ2n) is 5.96. The fourth-order valence-corrected chi connectivity index (χ4v) is 3.06. The lowest BCUT2D eigenvalue weighted by molar-refractivity contribution is -0.0504. The lowest BCUT2D eigenvalue weighted by Crippen LogP contribution is -2.36. The summed E-state index contributed by atoms with van der Waals surface area (Å²) in [6, 6.07) is 11.1. The fourth-order valence-electron chi connectivity index (χ4n) is 2.48. The van der Waals surface area contributed by atoms with E-state index < -0.39 is 16.6 Å².